The van der Waals surface area contributed by atoms with Crippen LogP contribution >= 0.6 is 0 Å². The van der Waals surface area contributed by atoms with Crippen LogP contribution in [-0.2, 0) is 11.2 Å². The molecule has 2 heterocycles. The van der Waals surface area contributed by atoms with Crippen LogP contribution in [0, 0.1) is 6.92 Å². The molecule has 1 aromatic heterocycles. The Kier molecular flexibility index (Phi) is 3.99. The molecule has 1 saturated carbocycles. The molecule has 0 radical (unpaired) electrons. The molecule has 5 nitrogen and oxygen atoms in total. The molecule has 5 heteroatoms. The summed E-state index contributed by atoms with van der Waals surface area (Å²) in [6.07, 6.45) is 8.82. The summed E-state index contributed by atoms with van der Waals surface area (Å²) < 4.78 is 11.8. The summed E-state index contributed by atoms with van der Waals surface area (Å²) in [7, 11) is 0. The largest absolute Gasteiger partial charge is 0.465 e. The van der Waals surface area contributed by atoms with E-state index in [9.17, 15) is 9.59 Å². The van der Waals surface area contributed by atoms with Crippen LogP contribution in [0.4, 0.5) is 0 Å². The molecular weight excluding hydrogens is 306 g/mol. The zero-order valence-electron chi connectivity index (χ0n) is 14.3. The third-order valence-corrected chi connectivity index (χ3v) is 5.78. The highest BCUT2D eigenvalue weighted by Crippen LogP contribution is 2.39. The van der Waals surface area contributed by atoms with Crippen LogP contribution in [0.5, 0.6) is 0 Å². The lowest BCUT2D eigenvalue weighted by Crippen LogP contribution is -2.38. The molecule has 0 aromatic carbocycles. The first-order chi connectivity index (χ1) is 11.6. The normalized spacial score (nSPS) is 25.7. The van der Waals surface area contributed by atoms with Crippen molar-refractivity contribution in [1.29, 1.82) is 0 Å². The molecule has 0 unspecified atom stereocenters. The highest BCUT2D eigenvalue weighted by Gasteiger charge is 2.42. The third kappa shape index (κ3) is 2.69. The summed E-state index contributed by atoms with van der Waals surface area (Å²) in [5.41, 5.74) is 0.929. The van der Waals surface area contributed by atoms with E-state index >= 15 is 0 Å². The van der Waals surface area contributed by atoms with E-state index < -0.39 is 0 Å². The summed E-state index contributed by atoms with van der Waals surface area (Å²) in [5.74, 6) is 1.08. The van der Waals surface area contributed by atoms with Crippen LogP contribution in [0.25, 0.3) is 0 Å². The molecule has 2 fully saturated rings. The summed E-state index contributed by atoms with van der Waals surface area (Å²) in [5, 5.41) is 3.09. The average Bonchev–Trinajstić information content (AvgIpc) is 3.09. The number of rotatable bonds is 2. The Hall–Kier alpha value is -1.62. The van der Waals surface area contributed by atoms with Crippen molar-refractivity contribution < 1.29 is 18.7 Å². The van der Waals surface area contributed by atoms with Gasteiger partial charge in [-0.2, -0.15) is 0 Å². The van der Waals surface area contributed by atoms with Crippen LogP contribution in [0.15, 0.2) is 4.42 Å². The summed E-state index contributed by atoms with van der Waals surface area (Å²) in [6.45, 7) is 2.34. The molecule has 1 N–H and O–H groups in total. The van der Waals surface area contributed by atoms with Crippen molar-refractivity contribution in [1.82, 2.24) is 5.32 Å². The van der Waals surface area contributed by atoms with Crippen molar-refractivity contribution in [3.05, 3.63) is 22.6 Å². The SMILES string of the molecule is Cc1oc2c(c1C(=O)N[C@@H]1COC3(CCCCC3)C1)C(=O)CCC2. The van der Waals surface area contributed by atoms with Crippen molar-refractivity contribution >= 4 is 11.7 Å². The Morgan fingerprint density at radius 2 is 1.96 bits per heavy atom. The van der Waals surface area contributed by atoms with Gasteiger partial charge in [0.05, 0.1) is 29.4 Å². The summed E-state index contributed by atoms with van der Waals surface area (Å²) in [6, 6.07) is 0.0271. The summed E-state index contributed by atoms with van der Waals surface area (Å²) in [4.78, 5) is 25.0. The monoisotopic (exact) mass is 331 g/mol. The number of furan rings is 1. The molecule has 0 bridgehead atoms. The van der Waals surface area contributed by atoms with Gasteiger partial charge in [0.1, 0.15) is 11.5 Å². The standard InChI is InChI=1S/C19H25NO4/c1-12-16(17-14(21)6-5-7-15(17)24-12)18(22)20-13-10-19(23-11-13)8-3-2-4-9-19/h13H,2-11H2,1H3,(H,20,22)/t13-/m0/s1. The molecular formula is C19H25NO4. The molecule has 130 valence electrons. The molecule has 1 spiro atoms. The molecule has 24 heavy (non-hydrogen) atoms. The van der Waals surface area contributed by atoms with Crippen LogP contribution in [0.1, 0.15) is 83.6 Å². The van der Waals surface area contributed by atoms with E-state index in [4.69, 9.17) is 9.15 Å². The maximum atomic E-state index is 12.8. The molecule has 1 atom stereocenters. The van der Waals surface area contributed by atoms with Crippen LogP contribution < -0.4 is 5.32 Å². The highest BCUT2D eigenvalue weighted by molar-refractivity contribution is 6.10. The maximum Gasteiger partial charge on any atom is 0.255 e. The number of nitrogens with one attached hydrogen (secondary N) is 1. The zero-order chi connectivity index (χ0) is 16.7. The predicted molar refractivity (Wildman–Crippen MR) is 88.4 cm³/mol. The number of carbonyl (C=O) groups is 2. The number of hydrogen-bond acceptors (Lipinski definition) is 4. The molecule has 1 aromatic rings. The first-order valence-electron chi connectivity index (χ1n) is 9.18. The van der Waals surface area contributed by atoms with Crippen molar-refractivity contribution in [2.45, 2.75) is 76.4 Å². The van der Waals surface area contributed by atoms with Gasteiger partial charge in [0, 0.05) is 12.8 Å². The summed E-state index contributed by atoms with van der Waals surface area (Å²) >= 11 is 0. The van der Waals surface area contributed by atoms with Crippen molar-refractivity contribution in [3.63, 3.8) is 0 Å². The van der Waals surface area contributed by atoms with E-state index in [0.717, 1.165) is 32.1 Å². The van der Waals surface area contributed by atoms with Crippen LogP contribution in [0.3, 0.4) is 0 Å². The number of ketones is 1. The molecule has 2 aliphatic carbocycles. The third-order valence-electron chi connectivity index (χ3n) is 5.78. The van der Waals surface area contributed by atoms with E-state index in [1.54, 1.807) is 6.92 Å². The van der Waals surface area contributed by atoms with Crippen molar-refractivity contribution in [3.8, 4) is 0 Å². The second kappa shape index (κ2) is 6.03. The molecule has 1 aliphatic heterocycles. The fraction of sp³-hybridized carbons (Fsp3) is 0.684. The molecule has 1 amide bonds. The van der Waals surface area contributed by atoms with Gasteiger partial charge >= 0.3 is 0 Å². The Bertz CT molecular complexity index is 669. The van der Waals surface area contributed by atoms with Gasteiger partial charge in [-0.3, -0.25) is 9.59 Å². The Morgan fingerprint density at radius 3 is 2.75 bits per heavy atom. The van der Waals surface area contributed by atoms with E-state index in [1.165, 1.54) is 19.3 Å². The topological polar surface area (TPSA) is 68.5 Å². The van der Waals surface area contributed by atoms with Gasteiger partial charge in [-0.25, -0.2) is 0 Å². The second-order valence-electron chi connectivity index (χ2n) is 7.54. The number of amides is 1. The second-order valence-corrected chi connectivity index (χ2v) is 7.54. The minimum atomic E-state index is -0.186. The Labute approximate surface area is 142 Å². The fourth-order valence-electron chi connectivity index (χ4n) is 4.62. The van der Waals surface area contributed by atoms with Crippen LogP contribution in [-0.4, -0.2) is 29.9 Å². The van der Waals surface area contributed by atoms with E-state index in [2.05, 4.69) is 5.32 Å². The van der Waals surface area contributed by atoms with E-state index in [-0.39, 0.29) is 23.3 Å². The number of Topliss-reactive ketones (excluding diaryl/α,β-unsaturated/α-hetero) is 1. The van der Waals surface area contributed by atoms with Gasteiger partial charge in [0.25, 0.3) is 5.91 Å². The van der Waals surface area contributed by atoms with Crippen molar-refractivity contribution in [2.24, 2.45) is 0 Å². The quantitative estimate of drug-likeness (QED) is 0.902. The van der Waals surface area contributed by atoms with E-state index in [1.807, 2.05) is 0 Å². The molecule has 1 saturated heterocycles. The van der Waals surface area contributed by atoms with Gasteiger partial charge in [0.2, 0.25) is 0 Å². The number of hydrogen-bond donors (Lipinski definition) is 1. The lowest BCUT2D eigenvalue weighted by atomic mass is 9.82. The zero-order valence-corrected chi connectivity index (χ0v) is 14.3. The first kappa shape index (κ1) is 15.9. The highest BCUT2D eigenvalue weighted by atomic mass is 16.5. The predicted octanol–water partition coefficient (Wildman–Crippen LogP) is 3.33. The van der Waals surface area contributed by atoms with Crippen LogP contribution in [0.2, 0.25) is 0 Å². The maximum absolute atomic E-state index is 12.8. The van der Waals surface area contributed by atoms with E-state index in [0.29, 0.717) is 35.7 Å². The van der Waals surface area contributed by atoms with Gasteiger partial charge < -0.3 is 14.5 Å². The Morgan fingerprint density at radius 1 is 1.17 bits per heavy atom. The minimum absolute atomic E-state index is 0.0271. The average molecular weight is 331 g/mol. The smallest absolute Gasteiger partial charge is 0.255 e. The number of fused-ring (bicyclic) bond motifs is 1. The van der Waals surface area contributed by atoms with Gasteiger partial charge in [-0.05, 0) is 32.6 Å². The van der Waals surface area contributed by atoms with Crippen molar-refractivity contribution in [2.75, 3.05) is 6.61 Å². The molecule has 3 aliphatic rings. The fourth-order valence-corrected chi connectivity index (χ4v) is 4.62. The van der Waals surface area contributed by atoms with Gasteiger partial charge in [-0.1, -0.05) is 19.3 Å². The lowest BCUT2D eigenvalue weighted by molar-refractivity contribution is -0.0246. The number of ether oxygens (including phenoxy) is 1. The number of aryl methyl sites for hydroxylation is 2. The van der Waals surface area contributed by atoms with Gasteiger partial charge in [0.15, 0.2) is 5.78 Å². The molecule has 4 rings (SSSR count). The lowest BCUT2D eigenvalue weighted by Gasteiger charge is -2.32. The number of carbonyl (C=O) groups excluding carboxylic acids is 2. The minimum Gasteiger partial charge on any atom is -0.465 e. The first-order valence-corrected chi connectivity index (χ1v) is 9.18. The Balaban J connectivity index is 1.50. The van der Waals surface area contributed by atoms with Gasteiger partial charge in [-0.15, -0.1) is 0 Å².